The molecule has 128 valence electrons. The largest absolute Gasteiger partial charge is 0.491 e. The van der Waals surface area contributed by atoms with Gasteiger partial charge >= 0.3 is 0 Å². The first kappa shape index (κ1) is 17.9. The lowest BCUT2D eigenvalue weighted by molar-refractivity contribution is -0.121. The van der Waals surface area contributed by atoms with Crippen molar-refractivity contribution >= 4 is 5.91 Å². The van der Waals surface area contributed by atoms with Crippen molar-refractivity contribution in [2.45, 2.75) is 19.4 Å². The fourth-order valence-electron chi connectivity index (χ4n) is 2.09. The first-order valence-corrected chi connectivity index (χ1v) is 7.52. The minimum absolute atomic E-state index is 0.00826. The SMILES string of the molecule is Cc1cccc(OCC(O)CNC(=O)Cc2ccc(F)c(F)c2)c1. The molecule has 0 aliphatic heterocycles. The number of ether oxygens (including phenoxy) is 1. The zero-order chi connectivity index (χ0) is 17.5. The number of carbonyl (C=O) groups excluding carboxylic acids is 1. The molecule has 0 aromatic heterocycles. The second kappa shape index (κ2) is 8.40. The van der Waals surface area contributed by atoms with Gasteiger partial charge in [0.25, 0.3) is 0 Å². The highest BCUT2D eigenvalue weighted by molar-refractivity contribution is 5.78. The van der Waals surface area contributed by atoms with Crippen molar-refractivity contribution < 1.29 is 23.4 Å². The van der Waals surface area contributed by atoms with E-state index in [1.807, 2.05) is 25.1 Å². The smallest absolute Gasteiger partial charge is 0.224 e. The van der Waals surface area contributed by atoms with Gasteiger partial charge in [0.2, 0.25) is 5.91 Å². The summed E-state index contributed by atoms with van der Waals surface area (Å²) in [5.41, 5.74) is 1.40. The quantitative estimate of drug-likeness (QED) is 0.817. The van der Waals surface area contributed by atoms with E-state index in [1.165, 1.54) is 6.07 Å². The number of hydrogen-bond donors (Lipinski definition) is 2. The molecule has 0 radical (unpaired) electrons. The van der Waals surface area contributed by atoms with Crippen molar-refractivity contribution in [3.05, 3.63) is 65.2 Å². The predicted octanol–water partition coefficient (Wildman–Crippen LogP) is 2.37. The molecule has 1 atom stereocenters. The number of halogens is 2. The maximum Gasteiger partial charge on any atom is 0.224 e. The Morgan fingerprint density at radius 2 is 2.00 bits per heavy atom. The van der Waals surface area contributed by atoms with Crippen molar-refractivity contribution in [3.63, 3.8) is 0 Å². The molecule has 0 fully saturated rings. The van der Waals surface area contributed by atoms with Crippen molar-refractivity contribution in [1.82, 2.24) is 5.32 Å². The van der Waals surface area contributed by atoms with Crippen LogP contribution in [0.25, 0.3) is 0 Å². The fraction of sp³-hybridized carbons (Fsp3) is 0.278. The van der Waals surface area contributed by atoms with Gasteiger partial charge in [0.05, 0.1) is 6.42 Å². The Hall–Kier alpha value is -2.47. The minimum atomic E-state index is -0.994. The maximum atomic E-state index is 13.1. The normalized spacial score (nSPS) is 11.8. The molecule has 4 nitrogen and oxygen atoms in total. The average Bonchev–Trinajstić information content (AvgIpc) is 2.54. The van der Waals surface area contributed by atoms with Crippen LogP contribution in [0.3, 0.4) is 0 Å². The van der Waals surface area contributed by atoms with Gasteiger partial charge in [-0.15, -0.1) is 0 Å². The highest BCUT2D eigenvalue weighted by Gasteiger charge is 2.10. The van der Waals surface area contributed by atoms with Gasteiger partial charge in [-0.25, -0.2) is 8.78 Å². The summed E-state index contributed by atoms with van der Waals surface area (Å²) in [6.07, 6.45) is -0.970. The van der Waals surface area contributed by atoms with Crippen LogP contribution in [0, 0.1) is 18.6 Å². The number of nitrogens with one attached hydrogen (secondary N) is 1. The maximum absolute atomic E-state index is 13.1. The summed E-state index contributed by atoms with van der Waals surface area (Å²) in [6.45, 7) is 1.98. The molecule has 2 rings (SSSR count). The summed E-state index contributed by atoms with van der Waals surface area (Å²) in [6, 6.07) is 10.7. The second-order valence-corrected chi connectivity index (χ2v) is 5.51. The van der Waals surface area contributed by atoms with E-state index in [1.54, 1.807) is 6.07 Å². The summed E-state index contributed by atoms with van der Waals surface area (Å²) in [4.78, 5) is 11.8. The monoisotopic (exact) mass is 335 g/mol. The molecule has 1 unspecified atom stereocenters. The zero-order valence-electron chi connectivity index (χ0n) is 13.3. The number of carbonyl (C=O) groups is 1. The summed E-state index contributed by atoms with van der Waals surface area (Å²) in [5, 5.41) is 12.4. The Morgan fingerprint density at radius 3 is 2.71 bits per heavy atom. The van der Waals surface area contributed by atoms with Crippen LogP contribution in [-0.4, -0.2) is 30.3 Å². The third-order valence-electron chi connectivity index (χ3n) is 3.32. The number of aliphatic hydroxyl groups is 1. The van der Waals surface area contributed by atoms with Gasteiger partial charge in [0.1, 0.15) is 18.5 Å². The van der Waals surface area contributed by atoms with E-state index < -0.39 is 23.6 Å². The van der Waals surface area contributed by atoms with Crippen LogP contribution >= 0.6 is 0 Å². The van der Waals surface area contributed by atoms with Crippen molar-refractivity contribution in [3.8, 4) is 5.75 Å². The van der Waals surface area contributed by atoms with Crippen LogP contribution < -0.4 is 10.1 Å². The Labute approximate surface area is 139 Å². The molecule has 6 heteroatoms. The molecule has 0 saturated heterocycles. The van der Waals surface area contributed by atoms with Crippen molar-refractivity contribution in [2.24, 2.45) is 0 Å². The Kier molecular flexibility index (Phi) is 6.26. The molecule has 0 spiro atoms. The third kappa shape index (κ3) is 5.62. The first-order chi connectivity index (χ1) is 11.4. The fourth-order valence-corrected chi connectivity index (χ4v) is 2.09. The predicted molar refractivity (Wildman–Crippen MR) is 85.8 cm³/mol. The lowest BCUT2D eigenvalue weighted by Crippen LogP contribution is -2.36. The highest BCUT2D eigenvalue weighted by Crippen LogP contribution is 2.12. The molecule has 0 heterocycles. The number of amides is 1. The molecular weight excluding hydrogens is 316 g/mol. The van der Waals surface area contributed by atoms with Gasteiger partial charge in [-0.3, -0.25) is 4.79 Å². The average molecular weight is 335 g/mol. The number of rotatable bonds is 7. The van der Waals surface area contributed by atoms with Crippen LogP contribution in [0.4, 0.5) is 8.78 Å². The standard InChI is InChI=1S/C18H19F2NO3/c1-12-3-2-4-15(7-12)24-11-14(22)10-21-18(23)9-13-5-6-16(19)17(20)8-13/h2-8,14,22H,9-11H2,1H3,(H,21,23). The van der Waals surface area contributed by atoms with Gasteiger partial charge in [0, 0.05) is 6.54 Å². The molecule has 2 aromatic rings. The summed E-state index contributed by atoms with van der Waals surface area (Å²) in [7, 11) is 0. The lowest BCUT2D eigenvalue weighted by Gasteiger charge is -2.13. The van der Waals surface area contributed by atoms with Crippen LogP contribution in [0.15, 0.2) is 42.5 Å². The first-order valence-electron chi connectivity index (χ1n) is 7.52. The Balaban J connectivity index is 1.73. The minimum Gasteiger partial charge on any atom is -0.491 e. The number of benzene rings is 2. The van der Waals surface area contributed by atoms with Gasteiger partial charge in [-0.2, -0.15) is 0 Å². The third-order valence-corrected chi connectivity index (χ3v) is 3.32. The number of aryl methyl sites for hydroxylation is 1. The topological polar surface area (TPSA) is 58.6 Å². The summed E-state index contributed by atoms with van der Waals surface area (Å²) >= 11 is 0. The molecule has 2 N–H and O–H groups in total. The molecule has 24 heavy (non-hydrogen) atoms. The summed E-state index contributed by atoms with van der Waals surface area (Å²) < 4.78 is 31.3. The molecule has 0 aliphatic carbocycles. The molecule has 0 aliphatic rings. The van der Waals surface area contributed by atoms with E-state index in [9.17, 15) is 18.7 Å². The van der Waals surface area contributed by atoms with E-state index in [4.69, 9.17) is 4.74 Å². The Morgan fingerprint density at radius 1 is 1.21 bits per heavy atom. The molecule has 0 bridgehead atoms. The molecule has 0 saturated carbocycles. The van der Waals surface area contributed by atoms with Crippen molar-refractivity contribution in [2.75, 3.05) is 13.2 Å². The van der Waals surface area contributed by atoms with Crippen LogP contribution in [0.1, 0.15) is 11.1 Å². The summed E-state index contributed by atoms with van der Waals surface area (Å²) in [5.74, 6) is -1.70. The number of hydrogen-bond acceptors (Lipinski definition) is 3. The van der Waals surface area contributed by atoms with Crippen LogP contribution in [-0.2, 0) is 11.2 Å². The van der Waals surface area contributed by atoms with Gasteiger partial charge in [0.15, 0.2) is 11.6 Å². The molecule has 1 amide bonds. The highest BCUT2D eigenvalue weighted by atomic mass is 19.2. The van der Waals surface area contributed by atoms with E-state index in [0.29, 0.717) is 11.3 Å². The second-order valence-electron chi connectivity index (χ2n) is 5.51. The number of aliphatic hydroxyl groups excluding tert-OH is 1. The molecule has 2 aromatic carbocycles. The van der Waals surface area contributed by atoms with Gasteiger partial charge < -0.3 is 15.2 Å². The molecular formula is C18H19F2NO3. The van der Waals surface area contributed by atoms with E-state index >= 15 is 0 Å². The van der Waals surface area contributed by atoms with E-state index in [0.717, 1.165) is 17.7 Å². The van der Waals surface area contributed by atoms with Crippen LogP contribution in [0.5, 0.6) is 5.75 Å². The zero-order valence-corrected chi connectivity index (χ0v) is 13.3. The van der Waals surface area contributed by atoms with Crippen LogP contribution in [0.2, 0.25) is 0 Å². The van der Waals surface area contributed by atoms with Gasteiger partial charge in [-0.05, 0) is 42.3 Å². The van der Waals surface area contributed by atoms with E-state index in [-0.39, 0.29) is 19.6 Å². The van der Waals surface area contributed by atoms with Crippen molar-refractivity contribution in [1.29, 1.82) is 0 Å². The lowest BCUT2D eigenvalue weighted by atomic mass is 10.1. The van der Waals surface area contributed by atoms with E-state index in [2.05, 4.69) is 5.32 Å². The van der Waals surface area contributed by atoms with Gasteiger partial charge in [-0.1, -0.05) is 18.2 Å². The Bertz CT molecular complexity index is 706.